The molecule has 0 aliphatic carbocycles. The molecule has 0 unspecified atom stereocenters. The molecule has 45 heavy (non-hydrogen) atoms. The number of hydrogen-bond donors (Lipinski definition) is 4. The van der Waals surface area contributed by atoms with Crippen molar-refractivity contribution >= 4 is 40.4 Å². The van der Waals surface area contributed by atoms with E-state index in [9.17, 15) is 19.2 Å². The van der Waals surface area contributed by atoms with E-state index in [4.69, 9.17) is 4.74 Å². The summed E-state index contributed by atoms with van der Waals surface area (Å²) >= 11 is 0. The number of fused-ring (bicyclic) bond motifs is 2. The number of aromatic amines is 1. The largest absolute Gasteiger partial charge is 0.444 e. The second-order valence-electron chi connectivity index (χ2n) is 12.8. The Morgan fingerprint density at radius 1 is 0.889 bits per heavy atom. The van der Waals surface area contributed by atoms with Crippen LogP contribution in [0.1, 0.15) is 61.7 Å². The van der Waals surface area contributed by atoms with Crippen molar-refractivity contribution in [2.75, 3.05) is 5.32 Å². The number of carbonyl (C=O) groups excluding carboxylic acids is 4. The van der Waals surface area contributed by atoms with Crippen molar-refractivity contribution < 1.29 is 23.9 Å². The van der Waals surface area contributed by atoms with Gasteiger partial charge in [0.2, 0.25) is 11.8 Å². The molecule has 3 aromatic carbocycles. The second-order valence-corrected chi connectivity index (χ2v) is 12.8. The summed E-state index contributed by atoms with van der Waals surface area (Å²) in [6.45, 7) is 9.04. The Labute approximate surface area is 262 Å². The van der Waals surface area contributed by atoms with E-state index in [0.29, 0.717) is 24.3 Å². The van der Waals surface area contributed by atoms with E-state index in [2.05, 4.69) is 20.9 Å². The van der Waals surface area contributed by atoms with E-state index in [1.54, 1.807) is 63.8 Å². The molecule has 5 rings (SSSR count). The van der Waals surface area contributed by atoms with Crippen LogP contribution < -0.4 is 16.0 Å². The molecule has 1 aromatic heterocycles. The summed E-state index contributed by atoms with van der Waals surface area (Å²) in [6.07, 6.45) is 1.36. The quantitative estimate of drug-likeness (QED) is 0.215. The molecule has 10 heteroatoms. The molecule has 2 heterocycles. The van der Waals surface area contributed by atoms with Gasteiger partial charge >= 0.3 is 6.09 Å². The van der Waals surface area contributed by atoms with Gasteiger partial charge in [0.25, 0.3) is 5.91 Å². The number of hydrogen-bond acceptors (Lipinski definition) is 5. The number of H-pyrrole nitrogens is 1. The van der Waals surface area contributed by atoms with Crippen LogP contribution in [-0.4, -0.2) is 50.9 Å². The Hall–Kier alpha value is -5.12. The van der Waals surface area contributed by atoms with Crippen molar-refractivity contribution in [1.29, 1.82) is 0 Å². The first kappa shape index (κ1) is 31.3. The number of carbonyl (C=O) groups is 4. The zero-order valence-corrected chi connectivity index (χ0v) is 26.2. The molecule has 0 saturated carbocycles. The maximum Gasteiger partial charge on any atom is 0.408 e. The highest BCUT2D eigenvalue weighted by Crippen LogP contribution is 2.28. The molecule has 4 N–H and O–H groups in total. The lowest BCUT2D eigenvalue weighted by Crippen LogP contribution is -2.59. The van der Waals surface area contributed by atoms with Crippen molar-refractivity contribution in [2.45, 2.75) is 71.3 Å². The number of nitrogens with zero attached hydrogens (tertiary/aromatic N) is 1. The van der Waals surface area contributed by atoms with E-state index >= 15 is 0 Å². The van der Waals surface area contributed by atoms with E-state index in [1.807, 2.05) is 54.7 Å². The van der Waals surface area contributed by atoms with Gasteiger partial charge in [0, 0.05) is 47.9 Å². The fourth-order valence-corrected chi connectivity index (χ4v) is 5.32. The van der Waals surface area contributed by atoms with Crippen LogP contribution in [0.4, 0.5) is 10.5 Å². The van der Waals surface area contributed by atoms with Gasteiger partial charge < -0.3 is 30.6 Å². The Morgan fingerprint density at radius 3 is 2.31 bits per heavy atom. The van der Waals surface area contributed by atoms with Gasteiger partial charge in [-0.05, 0) is 81.6 Å². The maximum absolute atomic E-state index is 14.1. The lowest BCUT2D eigenvalue weighted by atomic mass is 10.0. The fourth-order valence-electron chi connectivity index (χ4n) is 5.32. The highest BCUT2D eigenvalue weighted by atomic mass is 16.6. The number of rotatable bonds is 8. The maximum atomic E-state index is 14.1. The summed E-state index contributed by atoms with van der Waals surface area (Å²) in [5.74, 6) is -0.993. The van der Waals surface area contributed by atoms with Crippen molar-refractivity contribution in [1.82, 2.24) is 20.5 Å². The minimum atomic E-state index is -1.36. The molecule has 0 saturated heterocycles. The number of amides is 4. The number of nitrogens with one attached hydrogen (secondary N) is 4. The molecule has 0 spiro atoms. The van der Waals surface area contributed by atoms with Gasteiger partial charge in [0.05, 0.1) is 0 Å². The molecular formula is C35H39N5O5. The third-order valence-electron chi connectivity index (χ3n) is 7.62. The first-order chi connectivity index (χ1) is 21.3. The third kappa shape index (κ3) is 7.52. The van der Waals surface area contributed by atoms with Crippen molar-refractivity contribution in [3.63, 3.8) is 0 Å². The molecule has 1 atom stereocenters. The predicted octanol–water partition coefficient (Wildman–Crippen LogP) is 5.29. The van der Waals surface area contributed by atoms with Crippen LogP contribution >= 0.6 is 0 Å². The van der Waals surface area contributed by atoms with Gasteiger partial charge in [-0.1, -0.05) is 42.5 Å². The van der Waals surface area contributed by atoms with Crippen LogP contribution in [0.15, 0.2) is 79.0 Å². The number of aromatic nitrogens is 1. The first-order valence-electron chi connectivity index (χ1n) is 14.9. The van der Waals surface area contributed by atoms with Crippen LogP contribution in [0.3, 0.4) is 0 Å². The Balaban J connectivity index is 1.34. The van der Waals surface area contributed by atoms with Crippen LogP contribution in [-0.2, 0) is 33.8 Å². The summed E-state index contributed by atoms with van der Waals surface area (Å²) in [4.78, 5) is 57.8. The molecule has 4 aromatic rings. The average Bonchev–Trinajstić information content (AvgIpc) is 3.59. The standard InChI is InChI=1S/C35H39N5O5/c1-34(2,3)45-33(44)39-35(4,5)32(43)38-29(18-24-19-36-28-14-10-9-13-27(24)28)31(42)40-20-23-15-16-26(17-25(23)21-40)37-30(41)22-11-7-6-8-12-22/h6-17,19,29,36H,18,20-21H2,1-5H3,(H,37,41)(H,38,43)(H,39,44)/t29-/m1/s1. The molecule has 4 amide bonds. The summed E-state index contributed by atoms with van der Waals surface area (Å²) in [6, 6.07) is 21.4. The molecule has 0 fully saturated rings. The van der Waals surface area contributed by atoms with Crippen LogP contribution in [0, 0.1) is 0 Å². The smallest absolute Gasteiger partial charge is 0.408 e. The monoisotopic (exact) mass is 609 g/mol. The topological polar surface area (TPSA) is 133 Å². The van der Waals surface area contributed by atoms with E-state index in [0.717, 1.165) is 27.6 Å². The molecule has 1 aliphatic heterocycles. The molecule has 0 bridgehead atoms. The first-order valence-corrected chi connectivity index (χ1v) is 14.9. The number of ether oxygens (including phenoxy) is 1. The van der Waals surface area contributed by atoms with Gasteiger partial charge in [-0.2, -0.15) is 0 Å². The Morgan fingerprint density at radius 2 is 1.58 bits per heavy atom. The van der Waals surface area contributed by atoms with E-state index in [-0.39, 0.29) is 18.2 Å². The van der Waals surface area contributed by atoms with Gasteiger partial charge in [-0.15, -0.1) is 0 Å². The zero-order valence-electron chi connectivity index (χ0n) is 26.2. The van der Waals surface area contributed by atoms with Crippen molar-refractivity contribution in [3.8, 4) is 0 Å². The van der Waals surface area contributed by atoms with E-state index in [1.165, 1.54) is 0 Å². The molecule has 234 valence electrons. The summed E-state index contributed by atoms with van der Waals surface area (Å²) < 4.78 is 5.35. The van der Waals surface area contributed by atoms with Gasteiger partial charge in [-0.25, -0.2) is 4.79 Å². The minimum absolute atomic E-state index is 0.217. The minimum Gasteiger partial charge on any atom is -0.444 e. The van der Waals surface area contributed by atoms with Gasteiger partial charge in [0.1, 0.15) is 17.2 Å². The van der Waals surface area contributed by atoms with Gasteiger partial charge in [0.15, 0.2) is 0 Å². The van der Waals surface area contributed by atoms with Crippen molar-refractivity contribution in [3.05, 3.63) is 101 Å². The number of anilines is 1. The van der Waals surface area contributed by atoms with Crippen LogP contribution in [0.2, 0.25) is 0 Å². The third-order valence-corrected chi connectivity index (χ3v) is 7.62. The highest BCUT2D eigenvalue weighted by molar-refractivity contribution is 6.04. The van der Waals surface area contributed by atoms with Crippen LogP contribution in [0.5, 0.6) is 0 Å². The SMILES string of the molecule is CC(C)(C)OC(=O)NC(C)(C)C(=O)N[C@H](Cc1c[nH]c2ccccc12)C(=O)N1Cc2ccc(NC(=O)c3ccccc3)cc2C1. The molecule has 0 radical (unpaired) electrons. The second kappa shape index (κ2) is 12.5. The predicted molar refractivity (Wildman–Crippen MR) is 172 cm³/mol. The average molecular weight is 610 g/mol. The summed E-state index contributed by atoms with van der Waals surface area (Å²) in [5, 5.41) is 9.42. The zero-order chi connectivity index (χ0) is 32.4. The number of benzene rings is 3. The normalized spacial score (nSPS) is 13.6. The van der Waals surface area contributed by atoms with E-state index < -0.39 is 29.2 Å². The molecular weight excluding hydrogens is 570 g/mol. The number of para-hydroxylation sites is 1. The van der Waals surface area contributed by atoms with Crippen LogP contribution in [0.25, 0.3) is 10.9 Å². The highest BCUT2D eigenvalue weighted by Gasteiger charge is 2.37. The molecule has 10 nitrogen and oxygen atoms in total. The lowest BCUT2D eigenvalue weighted by Gasteiger charge is -2.30. The summed E-state index contributed by atoms with van der Waals surface area (Å²) in [5.41, 5.74) is 2.77. The summed E-state index contributed by atoms with van der Waals surface area (Å²) in [7, 11) is 0. The fraction of sp³-hybridized carbons (Fsp3) is 0.314. The number of alkyl carbamates (subject to hydrolysis) is 1. The van der Waals surface area contributed by atoms with Crippen molar-refractivity contribution in [2.24, 2.45) is 0 Å². The Bertz CT molecular complexity index is 1740. The van der Waals surface area contributed by atoms with Gasteiger partial charge in [-0.3, -0.25) is 14.4 Å². The molecule has 1 aliphatic rings. The Kier molecular flexibility index (Phi) is 8.68. The lowest BCUT2D eigenvalue weighted by molar-refractivity contribution is -0.138.